The molecule has 0 aliphatic rings. The number of anilines is 1. The summed E-state index contributed by atoms with van der Waals surface area (Å²) >= 11 is 8.83. The van der Waals surface area contributed by atoms with Gasteiger partial charge in [0.05, 0.1) is 7.11 Å². The first kappa shape index (κ1) is 12.1. The number of nitrogen functional groups attached to an aromatic ring is 1. The van der Waals surface area contributed by atoms with E-state index in [9.17, 15) is 4.79 Å². The maximum Gasteiger partial charge on any atom is 0.344 e. The average molecular weight is 291 g/mol. The van der Waals surface area contributed by atoms with E-state index in [0.717, 1.165) is 0 Å². The zero-order chi connectivity index (χ0) is 11.4. The van der Waals surface area contributed by atoms with E-state index >= 15 is 0 Å². The summed E-state index contributed by atoms with van der Waals surface area (Å²) in [6.45, 7) is 0. The highest BCUT2D eigenvalue weighted by molar-refractivity contribution is 9.12. The van der Waals surface area contributed by atoms with Crippen molar-refractivity contribution in [3.63, 3.8) is 0 Å². The zero-order valence-electron chi connectivity index (χ0n) is 7.96. The van der Waals surface area contributed by atoms with Crippen LogP contribution in [0, 0.1) is 0 Å². The number of methoxy groups -OCH3 is 1. The van der Waals surface area contributed by atoms with Crippen LogP contribution in [0.5, 0.6) is 0 Å². The molecule has 1 rings (SSSR count). The standard InChI is InChI=1S/C10H9BrClNO2/c1-15-10(14)8(11)4-6-2-3-7(12)5-9(6)13/h2-5H,13H2,1H3/b8-4-. The number of esters is 1. The SMILES string of the molecule is COC(=O)/C(Br)=C/c1ccc(Cl)cc1N. The number of benzene rings is 1. The molecular weight excluding hydrogens is 281 g/mol. The average Bonchev–Trinajstić information content (AvgIpc) is 2.20. The molecule has 0 aliphatic carbocycles. The lowest BCUT2D eigenvalue weighted by atomic mass is 10.1. The van der Waals surface area contributed by atoms with Crippen LogP contribution in [-0.2, 0) is 9.53 Å². The fourth-order valence-electron chi connectivity index (χ4n) is 0.970. The van der Waals surface area contributed by atoms with Crippen LogP contribution in [-0.4, -0.2) is 13.1 Å². The van der Waals surface area contributed by atoms with Gasteiger partial charge in [-0.3, -0.25) is 0 Å². The molecule has 3 nitrogen and oxygen atoms in total. The van der Waals surface area contributed by atoms with Gasteiger partial charge in [0.1, 0.15) is 4.48 Å². The maximum atomic E-state index is 11.1. The van der Waals surface area contributed by atoms with Crippen molar-refractivity contribution in [2.75, 3.05) is 12.8 Å². The van der Waals surface area contributed by atoms with E-state index in [1.807, 2.05) is 0 Å². The summed E-state index contributed by atoms with van der Waals surface area (Å²) in [5.41, 5.74) is 6.92. The van der Waals surface area contributed by atoms with Gasteiger partial charge in [-0.2, -0.15) is 0 Å². The second-order valence-electron chi connectivity index (χ2n) is 2.76. The predicted octanol–water partition coefficient (Wildman–Crippen LogP) is 2.83. The van der Waals surface area contributed by atoms with Gasteiger partial charge in [-0.15, -0.1) is 0 Å². The van der Waals surface area contributed by atoms with Gasteiger partial charge < -0.3 is 10.5 Å². The molecule has 0 bridgehead atoms. The summed E-state index contributed by atoms with van der Waals surface area (Å²) < 4.78 is 4.83. The Kier molecular flexibility index (Phi) is 4.17. The van der Waals surface area contributed by atoms with Crippen LogP contribution in [0.3, 0.4) is 0 Å². The molecule has 0 saturated carbocycles. The van der Waals surface area contributed by atoms with Gasteiger partial charge in [-0.1, -0.05) is 17.7 Å². The van der Waals surface area contributed by atoms with Crippen LogP contribution in [0.2, 0.25) is 5.02 Å². The highest BCUT2D eigenvalue weighted by atomic mass is 79.9. The lowest BCUT2D eigenvalue weighted by molar-refractivity contribution is -0.135. The first-order valence-electron chi connectivity index (χ1n) is 4.05. The molecule has 1 aromatic carbocycles. The Morgan fingerprint density at radius 2 is 2.27 bits per heavy atom. The van der Waals surface area contributed by atoms with Crippen LogP contribution in [0.15, 0.2) is 22.7 Å². The molecule has 0 spiro atoms. The Bertz CT molecular complexity index is 418. The zero-order valence-corrected chi connectivity index (χ0v) is 10.3. The van der Waals surface area contributed by atoms with E-state index in [-0.39, 0.29) is 0 Å². The molecule has 0 heterocycles. The monoisotopic (exact) mass is 289 g/mol. The highest BCUT2D eigenvalue weighted by Crippen LogP contribution is 2.22. The lowest BCUT2D eigenvalue weighted by Crippen LogP contribution is -1.99. The van der Waals surface area contributed by atoms with E-state index in [2.05, 4.69) is 20.7 Å². The predicted molar refractivity (Wildman–Crippen MR) is 64.8 cm³/mol. The number of carbonyl (C=O) groups excluding carboxylic acids is 1. The molecule has 0 aromatic heterocycles. The molecule has 0 saturated heterocycles. The van der Waals surface area contributed by atoms with E-state index < -0.39 is 5.97 Å². The van der Waals surface area contributed by atoms with Crippen molar-refractivity contribution in [1.82, 2.24) is 0 Å². The van der Waals surface area contributed by atoms with Crippen LogP contribution >= 0.6 is 27.5 Å². The number of nitrogens with two attached hydrogens (primary N) is 1. The van der Waals surface area contributed by atoms with E-state index in [0.29, 0.717) is 20.8 Å². The van der Waals surface area contributed by atoms with Crippen molar-refractivity contribution in [1.29, 1.82) is 0 Å². The van der Waals surface area contributed by atoms with Gasteiger partial charge in [0.15, 0.2) is 0 Å². The molecule has 5 heteroatoms. The van der Waals surface area contributed by atoms with E-state index in [4.69, 9.17) is 17.3 Å². The van der Waals surface area contributed by atoms with Crippen molar-refractivity contribution < 1.29 is 9.53 Å². The van der Waals surface area contributed by atoms with Crippen molar-refractivity contribution in [3.05, 3.63) is 33.3 Å². The molecule has 0 fully saturated rings. The summed E-state index contributed by atoms with van der Waals surface area (Å²) in [7, 11) is 1.31. The van der Waals surface area contributed by atoms with Gasteiger partial charge in [0.25, 0.3) is 0 Å². The van der Waals surface area contributed by atoms with E-state index in [1.54, 1.807) is 24.3 Å². The van der Waals surface area contributed by atoms with E-state index in [1.165, 1.54) is 7.11 Å². The molecule has 2 N–H and O–H groups in total. The summed E-state index contributed by atoms with van der Waals surface area (Å²) in [5.74, 6) is -0.454. The Balaban J connectivity index is 3.03. The minimum absolute atomic E-state index is 0.305. The summed E-state index contributed by atoms with van der Waals surface area (Å²) in [6.07, 6.45) is 1.58. The molecular formula is C10H9BrClNO2. The topological polar surface area (TPSA) is 52.3 Å². The minimum Gasteiger partial charge on any atom is -0.465 e. The number of hydrogen-bond donors (Lipinski definition) is 1. The fourth-order valence-corrected chi connectivity index (χ4v) is 1.56. The van der Waals surface area contributed by atoms with Crippen molar-refractivity contribution in [2.45, 2.75) is 0 Å². The molecule has 80 valence electrons. The van der Waals surface area contributed by atoms with Crippen LogP contribution in [0.25, 0.3) is 6.08 Å². The number of rotatable bonds is 2. The largest absolute Gasteiger partial charge is 0.465 e. The molecule has 0 radical (unpaired) electrons. The molecule has 1 aromatic rings. The van der Waals surface area contributed by atoms with Crippen LogP contribution in [0.4, 0.5) is 5.69 Å². The number of halogens is 2. The smallest absolute Gasteiger partial charge is 0.344 e. The molecule has 0 amide bonds. The second kappa shape index (κ2) is 5.19. The van der Waals surface area contributed by atoms with Gasteiger partial charge in [-0.25, -0.2) is 4.79 Å². The number of carbonyl (C=O) groups is 1. The lowest BCUT2D eigenvalue weighted by Gasteiger charge is -2.02. The fraction of sp³-hybridized carbons (Fsp3) is 0.100. The van der Waals surface area contributed by atoms with Gasteiger partial charge >= 0.3 is 5.97 Å². The summed E-state index contributed by atoms with van der Waals surface area (Å²) in [5, 5.41) is 0.554. The Morgan fingerprint density at radius 1 is 1.60 bits per heavy atom. The third-order valence-corrected chi connectivity index (χ3v) is 2.50. The first-order valence-corrected chi connectivity index (χ1v) is 5.22. The number of hydrogen-bond acceptors (Lipinski definition) is 3. The quantitative estimate of drug-likeness (QED) is 0.518. The molecule has 0 aliphatic heterocycles. The first-order chi connectivity index (χ1) is 7.04. The Hall–Kier alpha value is -1.00. The van der Waals surface area contributed by atoms with Gasteiger partial charge in [0, 0.05) is 10.7 Å². The molecule has 0 atom stereocenters. The normalized spacial score (nSPS) is 11.3. The number of ether oxygens (including phenoxy) is 1. The van der Waals surface area contributed by atoms with Gasteiger partial charge in [0.2, 0.25) is 0 Å². The Labute approximate surface area is 101 Å². The van der Waals surface area contributed by atoms with Crippen molar-refractivity contribution in [2.24, 2.45) is 0 Å². The highest BCUT2D eigenvalue weighted by Gasteiger charge is 2.06. The Morgan fingerprint density at radius 3 is 2.80 bits per heavy atom. The van der Waals surface area contributed by atoms with Gasteiger partial charge in [-0.05, 0) is 39.7 Å². The minimum atomic E-state index is -0.454. The van der Waals surface area contributed by atoms with Crippen LogP contribution < -0.4 is 5.73 Å². The summed E-state index contributed by atoms with van der Waals surface area (Å²) in [6, 6.07) is 5.04. The third-order valence-electron chi connectivity index (χ3n) is 1.71. The van der Waals surface area contributed by atoms with Crippen molar-refractivity contribution in [3.8, 4) is 0 Å². The molecule has 0 unspecified atom stereocenters. The second-order valence-corrected chi connectivity index (χ2v) is 4.05. The molecule has 15 heavy (non-hydrogen) atoms. The maximum absolute atomic E-state index is 11.1. The van der Waals surface area contributed by atoms with Crippen molar-refractivity contribution >= 4 is 45.3 Å². The van der Waals surface area contributed by atoms with Crippen LogP contribution in [0.1, 0.15) is 5.56 Å². The third kappa shape index (κ3) is 3.25. The summed E-state index contributed by atoms with van der Waals surface area (Å²) in [4.78, 5) is 11.1.